The molecule has 0 amide bonds. The molecule has 5 nitrogen and oxygen atoms in total. The molecule has 2 aromatic carbocycles. The molecule has 0 saturated carbocycles. The van der Waals surface area contributed by atoms with Crippen molar-refractivity contribution < 1.29 is 21.9 Å². The van der Waals surface area contributed by atoms with Crippen molar-refractivity contribution in [2.75, 3.05) is 31.2 Å². The third-order valence-corrected chi connectivity index (χ3v) is 6.59. The summed E-state index contributed by atoms with van der Waals surface area (Å²) in [5.41, 5.74) is 1.16. The molecule has 1 fully saturated rings. The average Bonchev–Trinajstić information content (AvgIpc) is 2.69. The van der Waals surface area contributed by atoms with E-state index < -0.39 is 21.5 Å². The van der Waals surface area contributed by atoms with Crippen LogP contribution in [0.1, 0.15) is 5.56 Å². The van der Waals surface area contributed by atoms with Crippen molar-refractivity contribution in [2.45, 2.75) is 16.7 Å². The van der Waals surface area contributed by atoms with Gasteiger partial charge in [-0.3, -0.25) is 4.98 Å². The molecular formula is C20H18F2N2O3S. The maximum Gasteiger partial charge on any atom is 0.210 e. The molecule has 28 heavy (non-hydrogen) atoms. The minimum absolute atomic E-state index is 0.0308. The highest BCUT2D eigenvalue weighted by atomic mass is 32.2. The summed E-state index contributed by atoms with van der Waals surface area (Å²) in [4.78, 5) is 5.87. The molecule has 1 saturated heterocycles. The van der Waals surface area contributed by atoms with Gasteiger partial charge in [0.25, 0.3) is 0 Å². The lowest BCUT2D eigenvalue weighted by Gasteiger charge is -2.31. The van der Waals surface area contributed by atoms with Crippen molar-refractivity contribution in [3.05, 3.63) is 59.8 Å². The van der Waals surface area contributed by atoms with Crippen LogP contribution in [-0.2, 0) is 14.6 Å². The minimum atomic E-state index is -4.04. The summed E-state index contributed by atoms with van der Waals surface area (Å²) >= 11 is 0. The predicted octanol–water partition coefficient (Wildman–Crippen LogP) is 3.49. The van der Waals surface area contributed by atoms with Crippen LogP contribution in [0.3, 0.4) is 0 Å². The highest BCUT2D eigenvalue weighted by Crippen LogP contribution is 2.36. The van der Waals surface area contributed by atoms with Crippen LogP contribution in [0.4, 0.5) is 14.5 Å². The van der Waals surface area contributed by atoms with Gasteiger partial charge in [0.1, 0.15) is 16.5 Å². The molecule has 1 aliphatic rings. The second kappa shape index (κ2) is 7.10. The van der Waals surface area contributed by atoms with Crippen molar-refractivity contribution in [3.8, 4) is 0 Å². The Balaban J connectivity index is 1.97. The van der Waals surface area contributed by atoms with Gasteiger partial charge in [0.15, 0.2) is 0 Å². The summed E-state index contributed by atoms with van der Waals surface area (Å²) in [7, 11) is -4.04. The van der Waals surface area contributed by atoms with Gasteiger partial charge >= 0.3 is 0 Å². The zero-order chi connectivity index (χ0) is 19.9. The van der Waals surface area contributed by atoms with Crippen LogP contribution in [0.15, 0.2) is 52.4 Å². The van der Waals surface area contributed by atoms with E-state index in [1.165, 1.54) is 36.5 Å². The number of rotatable bonds is 3. The quantitative estimate of drug-likeness (QED) is 0.669. The smallest absolute Gasteiger partial charge is 0.210 e. The van der Waals surface area contributed by atoms with Crippen molar-refractivity contribution in [3.63, 3.8) is 0 Å². The molecule has 0 unspecified atom stereocenters. The second-order valence-corrected chi connectivity index (χ2v) is 8.56. The molecule has 4 rings (SSSR count). The number of aryl methyl sites for hydroxylation is 1. The summed E-state index contributed by atoms with van der Waals surface area (Å²) in [6.07, 6.45) is 1.22. The van der Waals surface area contributed by atoms with Crippen LogP contribution >= 0.6 is 0 Å². The lowest BCUT2D eigenvalue weighted by Crippen LogP contribution is -2.37. The fraction of sp³-hybridized carbons (Fsp3) is 0.250. The van der Waals surface area contributed by atoms with E-state index in [4.69, 9.17) is 4.74 Å². The second-order valence-electron chi connectivity index (χ2n) is 6.65. The standard InChI is InChI=1S/C20H18F2N2O3S/c1-13-2-4-15(11-17(13)22)28(25,26)19-12-23-18-10-14(21)3-5-16(18)20(19)24-6-8-27-9-7-24/h2-5,10-12H,6-9H2,1H3. The Bertz CT molecular complexity index is 1160. The maximum absolute atomic E-state index is 14.0. The number of hydrogen-bond acceptors (Lipinski definition) is 5. The van der Waals surface area contributed by atoms with Crippen LogP contribution in [-0.4, -0.2) is 39.7 Å². The Morgan fingerprint density at radius 1 is 1.07 bits per heavy atom. The van der Waals surface area contributed by atoms with Crippen LogP contribution in [0, 0.1) is 18.6 Å². The number of benzene rings is 2. The van der Waals surface area contributed by atoms with E-state index in [2.05, 4.69) is 4.98 Å². The van der Waals surface area contributed by atoms with E-state index in [-0.39, 0.29) is 9.79 Å². The van der Waals surface area contributed by atoms with E-state index in [9.17, 15) is 17.2 Å². The number of ether oxygens (including phenoxy) is 1. The van der Waals surface area contributed by atoms with Gasteiger partial charge in [0, 0.05) is 30.7 Å². The third kappa shape index (κ3) is 3.22. The molecule has 8 heteroatoms. The van der Waals surface area contributed by atoms with Crippen LogP contribution in [0.5, 0.6) is 0 Å². The largest absolute Gasteiger partial charge is 0.378 e. The Morgan fingerprint density at radius 2 is 1.82 bits per heavy atom. The lowest BCUT2D eigenvalue weighted by molar-refractivity contribution is 0.122. The summed E-state index contributed by atoms with van der Waals surface area (Å²) in [6.45, 7) is 3.44. The van der Waals surface area contributed by atoms with Crippen molar-refractivity contribution in [1.82, 2.24) is 4.98 Å². The molecule has 0 N–H and O–H groups in total. The van der Waals surface area contributed by atoms with Gasteiger partial charge in [0.05, 0.1) is 29.3 Å². The SMILES string of the molecule is Cc1ccc(S(=O)(=O)c2cnc3cc(F)ccc3c2N2CCOCC2)cc1F. The van der Waals surface area contributed by atoms with E-state index in [0.717, 1.165) is 6.07 Å². The van der Waals surface area contributed by atoms with Crippen molar-refractivity contribution in [2.24, 2.45) is 0 Å². The molecule has 146 valence electrons. The van der Waals surface area contributed by atoms with Gasteiger partial charge < -0.3 is 9.64 Å². The first-order chi connectivity index (χ1) is 13.4. The molecule has 1 aliphatic heterocycles. The van der Waals surface area contributed by atoms with E-state index in [1.807, 2.05) is 4.90 Å². The zero-order valence-electron chi connectivity index (χ0n) is 15.2. The minimum Gasteiger partial charge on any atom is -0.378 e. The molecule has 0 spiro atoms. The predicted molar refractivity (Wildman–Crippen MR) is 101 cm³/mol. The number of sulfone groups is 1. The number of fused-ring (bicyclic) bond motifs is 1. The van der Waals surface area contributed by atoms with Gasteiger partial charge in [0.2, 0.25) is 9.84 Å². The summed E-state index contributed by atoms with van der Waals surface area (Å²) < 4.78 is 59.7. The number of nitrogens with zero attached hydrogens (tertiary/aromatic N) is 2. The summed E-state index contributed by atoms with van der Waals surface area (Å²) in [5.74, 6) is -1.05. The third-order valence-electron chi connectivity index (χ3n) is 4.84. The first kappa shape index (κ1) is 18.8. The lowest BCUT2D eigenvalue weighted by atomic mass is 10.1. The van der Waals surface area contributed by atoms with Crippen LogP contribution in [0.25, 0.3) is 10.9 Å². The summed E-state index contributed by atoms with van der Waals surface area (Å²) in [5, 5.41) is 0.525. The topological polar surface area (TPSA) is 59.5 Å². The van der Waals surface area contributed by atoms with Crippen molar-refractivity contribution in [1.29, 1.82) is 0 Å². The molecule has 3 aromatic rings. The van der Waals surface area contributed by atoms with Gasteiger partial charge in [-0.2, -0.15) is 0 Å². The Kier molecular flexibility index (Phi) is 4.76. The Labute approximate surface area is 161 Å². The number of aromatic nitrogens is 1. The number of hydrogen-bond donors (Lipinski definition) is 0. The number of morpholine rings is 1. The highest BCUT2D eigenvalue weighted by Gasteiger charge is 2.28. The molecule has 0 bridgehead atoms. The zero-order valence-corrected chi connectivity index (χ0v) is 16.0. The van der Waals surface area contributed by atoms with Gasteiger partial charge in [-0.1, -0.05) is 6.07 Å². The van der Waals surface area contributed by atoms with Crippen molar-refractivity contribution >= 4 is 26.4 Å². The van der Waals surface area contributed by atoms with E-state index >= 15 is 0 Å². The molecule has 0 radical (unpaired) electrons. The van der Waals surface area contributed by atoms with E-state index in [0.29, 0.717) is 48.5 Å². The van der Waals surface area contributed by atoms with Gasteiger partial charge in [-0.25, -0.2) is 17.2 Å². The van der Waals surface area contributed by atoms with Gasteiger partial charge in [-0.15, -0.1) is 0 Å². The fourth-order valence-corrected chi connectivity index (χ4v) is 4.76. The first-order valence-electron chi connectivity index (χ1n) is 8.80. The summed E-state index contributed by atoms with van der Waals surface area (Å²) in [6, 6.07) is 7.89. The monoisotopic (exact) mass is 404 g/mol. The Hall–Kier alpha value is -2.58. The Morgan fingerprint density at radius 3 is 2.54 bits per heavy atom. The maximum atomic E-state index is 14.0. The molecular weight excluding hydrogens is 386 g/mol. The first-order valence-corrected chi connectivity index (χ1v) is 10.3. The van der Waals surface area contributed by atoms with E-state index in [1.54, 1.807) is 6.92 Å². The number of anilines is 1. The number of halogens is 2. The van der Waals surface area contributed by atoms with Crippen LogP contribution in [0.2, 0.25) is 0 Å². The molecule has 2 heterocycles. The highest BCUT2D eigenvalue weighted by molar-refractivity contribution is 7.91. The normalized spacial score (nSPS) is 15.2. The molecule has 0 atom stereocenters. The van der Waals surface area contributed by atoms with Crippen LogP contribution < -0.4 is 4.90 Å². The fourth-order valence-electron chi connectivity index (χ4n) is 3.31. The molecule has 0 aliphatic carbocycles. The number of pyridine rings is 1. The average molecular weight is 404 g/mol. The van der Waals surface area contributed by atoms with Gasteiger partial charge in [-0.05, 0) is 36.8 Å². The molecule has 1 aromatic heterocycles.